The maximum absolute atomic E-state index is 9.17. The Morgan fingerprint density at radius 1 is 1.50 bits per heavy atom. The summed E-state index contributed by atoms with van der Waals surface area (Å²) in [6.45, 7) is 2.99. The highest BCUT2D eigenvalue weighted by Gasteiger charge is 2.25. The van der Waals surface area contributed by atoms with Crippen molar-refractivity contribution in [2.75, 3.05) is 25.1 Å². The lowest BCUT2D eigenvalue weighted by molar-refractivity contribution is 0.283. The standard InChI is InChI=1S/C14H23N3O/c1-11(15-2)12-6-7-14(16-10-12)17(8-9-18)13-4-3-5-13/h6-7,10-11,13,15,18H,3-5,8-9H2,1-2H3. The number of nitrogens with zero attached hydrogens (tertiary/aromatic N) is 2. The Kier molecular flexibility index (Phi) is 4.55. The number of nitrogens with one attached hydrogen (secondary N) is 1. The van der Waals surface area contributed by atoms with E-state index in [1.807, 2.05) is 13.2 Å². The molecule has 1 aliphatic carbocycles. The number of aliphatic hydroxyl groups excluding tert-OH is 1. The Labute approximate surface area is 109 Å². The first kappa shape index (κ1) is 13.3. The summed E-state index contributed by atoms with van der Waals surface area (Å²) in [5, 5.41) is 12.4. The van der Waals surface area contributed by atoms with Gasteiger partial charge in [0.1, 0.15) is 5.82 Å². The molecule has 18 heavy (non-hydrogen) atoms. The van der Waals surface area contributed by atoms with E-state index in [0.717, 1.165) is 5.82 Å². The van der Waals surface area contributed by atoms with Gasteiger partial charge in [0.25, 0.3) is 0 Å². The molecule has 1 fully saturated rings. The van der Waals surface area contributed by atoms with Crippen molar-refractivity contribution in [2.24, 2.45) is 0 Å². The molecule has 1 heterocycles. The number of anilines is 1. The van der Waals surface area contributed by atoms with Crippen molar-refractivity contribution in [1.82, 2.24) is 10.3 Å². The monoisotopic (exact) mass is 249 g/mol. The highest BCUT2D eigenvalue weighted by atomic mass is 16.3. The van der Waals surface area contributed by atoms with E-state index in [4.69, 9.17) is 5.11 Å². The number of hydrogen-bond acceptors (Lipinski definition) is 4. The van der Waals surface area contributed by atoms with Crippen LogP contribution in [0.1, 0.15) is 37.8 Å². The van der Waals surface area contributed by atoms with Crippen molar-refractivity contribution in [2.45, 2.75) is 38.3 Å². The number of rotatable bonds is 6. The molecule has 0 spiro atoms. The molecule has 1 atom stereocenters. The zero-order valence-corrected chi connectivity index (χ0v) is 11.3. The largest absolute Gasteiger partial charge is 0.395 e. The van der Waals surface area contributed by atoms with Crippen LogP contribution >= 0.6 is 0 Å². The first-order valence-corrected chi connectivity index (χ1v) is 6.77. The highest BCUT2D eigenvalue weighted by molar-refractivity contribution is 5.41. The fraction of sp³-hybridized carbons (Fsp3) is 0.643. The molecular weight excluding hydrogens is 226 g/mol. The van der Waals surface area contributed by atoms with E-state index in [0.29, 0.717) is 18.6 Å². The van der Waals surface area contributed by atoms with Crippen LogP contribution in [0.3, 0.4) is 0 Å². The summed E-state index contributed by atoms with van der Waals surface area (Å²) in [5.41, 5.74) is 1.19. The smallest absolute Gasteiger partial charge is 0.128 e. The average molecular weight is 249 g/mol. The lowest BCUT2D eigenvalue weighted by Gasteiger charge is -2.38. The Morgan fingerprint density at radius 3 is 2.72 bits per heavy atom. The molecule has 1 saturated carbocycles. The van der Waals surface area contributed by atoms with Crippen molar-refractivity contribution in [3.8, 4) is 0 Å². The van der Waals surface area contributed by atoms with Crippen LogP contribution in [0.15, 0.2) is 18.3 Å². The highest BCUT2D eigenvalue weighted by Crippen LogP contribution is 2.28. The molecule has 1 unspecified atom stereocenters. The molecule has 2 rings (SSSR count). The molecule has 0 amide bonds. The van der Waals surface area contributed by atoms with Crippen molar-refractivity contribution < 1.29 is 5.11 Å². The molecule has 0 radical (unpaired) electrons. The van der Waals surface area contributed by atoms with E-state index in [9.17, 15) is 0 Å². The Balaban J connectivity index is 2.10. The predicted octanol–water partition coefficient (Wildman–Crippen LogP) is 1.71. The molecule has 100 valence electrons. The van der Waals surface area contributed by atoms with Crippen LogP contribution in [0.25, 0.3) is 0 Å². The minimum Gasteiger partial charge on any atom is -0.395 e. The first-order valence-electron chi connectivity index (χ1n) is 6.77. The van der Waals surface area contributed by atoms with Gasteiger partial charge < -0.3 is 15.3 Å². The van der Waals surface area contributed by atoms with Gasteiger partial charge in [-0.15, -0.1) is 0 Å². The van der Waals surface area contributed by atoms with Crippen LogP contribution in [0.2, 0.25) is 0 Å². The van der Waals surface area contributed by atoms with E-state index in [2.05, 4.69) is 34.3 Å². The Bertz CT molecular complexity index is 362. The summed E-state index contributed by atoms with van der Waals surface area (Å²) >= 11 is 0. The van der Waals surface area contributed by atoms with E-state index >= 15 is 0 Å². The zero-order valence-electron chi connectivity index (χ0n) is 11.3. The van der Waals surface area contributed by atoms with Crippen LogP contribution in [-0.2, 0) is 0 Å². The van der Waals surface area contributed by atoms with E-state index in [-0.39, 0.29) is 6.61 Å². The second-order valence-corrected chi connectivity index (χ2v) is 4.96. The van der Waals surface area contributed by atoms with Crippen molar-refractivity contribution in [1.29, 1.82) is 0 Å². The number of aliphatic hydroxyl groups is 1. The van der Waals surface area contributed by atoms with E-state index < -0.39 is 0 Å². The molecule has 1 aromatic rings. The molecule has 1 aliphatic rings. The molecule has 0 saturated heterocycles. The molecule has 4 heteroatoms. The quantitative estimate of drug-likeness (QED) is 0.806. The van der Waals surface area contributed by atoms with Gasteiger partial charge in [-0.1, -0.05) is 6.07 Å². The Hall–Kier alpha value is -1.13. The molecule has 0 aliphatic heterocycles. The average Bonchev–Trinajstić information content (AvgIpc) is 2.35. The van der Waals surface area contributed by atoms with Gasteiger partial charge in [0.2, 0.25) is 0 Å². The fourth-order valence-electron chi connectivity index (χ4n) is 2.28. The predicted molar refractivity (Wildman–Crippen MR) is 73.8 cm³/mol. The lowest BCUT2D eigenvalue weighted by atomic mass is 9.91. The van der Waals surface area contributed by atoms with Gasteiger partial charge in [-0.3, -0.25) is 0 Å². The summed E-state index contributed by atoms with van der Waals surface area (Å²) in [4.78, 5) is 6.78. The van der Waals surface area contributed by atoms with Crippen LogP contribution < -0.4 is 10.2 Å². The van der Waals surface area contributed by atoms with E-state index in [1.165, 1.54) is 24.8 Å². The number of aromatic nitrogens is 1. The Morgan fingerprint density at radius 2 is 2.28 bits per heavy atom. The maximum atomic E-state index is 9.17. The van der Waals surface area contributed by atoms with E-state index in [1.54, 1.807) is 0 Å². The number of pyridine rings is 1. The summed E-state index contributed by atoms with van der Waals surface area (Å²) in [5.74, 6) is 0.987. The summed E-state index contributed by atoms with van der Waals surface area (Å²) in [6.07, 6.45) is 5.66. The van der Waals surface area contributed by atoms with Gasteiger partial charge in [-0.05, 0) is 44.9 Å². The molecule has 0 aromatic carbocycles. The summed E-state index contributed by atoms with van der Waals surface area (Å²) in [7, 11) is 1.95. The van der Waals surface area contributed by atoms with Crippen LogP contribution in [0, 0.1) is 0 Å². The maximum Gasteiger partial charge on any atom is 0.128 e. The third-order valence-electron chi connectivity index (χ3n) is 3.85. The SMILES string of the molecule is CNC(C)c1ccc(N(CCO)C2CCC2)nc1. The fourth-order valence-corrected chi connectivity index (χ4v) is 2.28. The molecular formula is C14H23N3O. The third-order valence-corrected chi connectivity index (χ3v) is 3.85. The zero-order chi connectivity index (χ0) is 13.0. The first-order chi connectivity index (χ1) is 8.76. The van der Waals surface area contributed by atoms with Gasteiger partial charge >= 0.3 is 0 Å². The minimum absolute atomic E-state index is 0.187. The second kappa shape index (κ2) is 6.16. The molecule has 2 N–H and O–H groups in total. The summed E-state index contributed by atoms with van der Waals surface area (Å²) < 4.78 is 0. The van der Waals surface area contributed by atoms with Gasteiger partial charge in [0.05, 0.1) is 6.61 Å². The summed E-state index contributed by atoms with van der Waals surface area (Å²) in [6, 6.07) is 5.07. The van der Waals surface area contributed by atoms with Gasteiger partial charge in [0.15, 0.2) is 0 Å². The van der Waals surface area contributed by atoms with Gasteiger partial charge in [-0.25, -0.2) is 4.98 Å². The number of hydrogen-bond donors (Lipinski definition) is 2. The lowest BCUT2D eigenvalue weighted by Crippen LogP contribution is -2.42. The van der Waals surface area contributed by atoms with Gasteiger partial charge in [-0.2, -0.15) is 0 Å². The molecule has 4 nitrogen and oxygen atoms in total. The topological polar surface area (TPSA) is 48.4 Å². The molecule has 1 aromatic heterocycles. The van der Waals surface area contributed by atoms with Gasteiger partial charge in [0, 0.05) is 24.8 Å². The normalized spacial score (nSPS) is 17.3. The van der Waals surface area contributed by atoms with Crippen molar-refractivity contribution in [3.63, 3.8) is 0 Å². The van der Waals surface area contributed by atoms with Crippen LogP contribution in [-0.4, -0.2) is 36.3 Å². The van der Waals surface area contributed by atoms with Crippen LogP contribution in [0.5, 0.6) is 0 Å². The minimum atomic E-state index is 0.187. The van der Waals surface area contributed by atoms with Crippen molar-refractivity contribution >= 4 is 5.82 Å². The second-order valence-electron chi connectivity index (χ2n) is 4.96. The molecule has 0 bridgehead atoms. The third kappa shape index (κ3) is 2.82. The van der Waals surface area contributed by atoms with Crippen LogP contribution in [0.4, 0.5) is 5.82 Å². The van der Waals surface area contributed by atoms with Crippen molar-refractivity contribution in [3.05, 3.63) is 23.9 Å².